The van der Waals surface area contributed by atoms with Crippen molar-refractivity contribution in [2.75, 3.05) is 11.5 Å². The van der Waals surface area contributed by atoms with E-state index in [-0.39, 0.29) is 23.5 Å². The summed E-state index contributed by atoms with van der Waals surface area (Å²) < 4.78 is 5.78. The molecule has 3 aromatic rings. The fourth-order valence-electron chi connectivity index (χ4n) is 4.89. The van der Waals surface area contributed by atoms with Gasteiger partial charge in [-0.2, -0.15) is 0 Å². The van der Waals surface area contributed by atoms with Gasteiger partial charge in [-0.05, 0) is 68.7 Å². The number of carbonyl (C=O) groups is 1. The van der Waals surface area contributed by atoms with Gasteiger partial charge in [0.1, 0.15) is 5.75 Å². The number of nitrogens with zero attached hydrogens (tertiary/aromatic N) is 1. The van der Waals surface area contributed by atoms with Gasteiger partial charge in [-0.25, -0.2) is 0 Å². The summed E-state index contributed by atoms with van der Waals surface area (Å²) >= 11 is 5.94. The van der Waals surface area contributed by atoms with E-state index in [1.807, 2.05) is 17.0 Å². The summed E-state index contributed by atoms with van der Waals surface area (Å²) in [5.41, 5.74) is 4.05. The number of para-hydroxylation sites is 1. The van der Waals surface area contributed by atoms with E-state index in [9.17, 15) is 4.79 Å². The number of anilines is 1. The Morgan fingerprint density at radius 1 is 0.968 bits per heavy atom. The molecule has 1 heterocycles. The Morgan fingerprint density at radius 3 is 2.29 bits per heavy atom. The molecule has 0 N–H and O–H groups in total. The van der Waals surface area contributed by atoms with Crippen LogP contribution in [0.15, 0.2) is 72.8 Å². The van der Waals surface area contributed by atoms with Crippen LogP contribution in [-0.2, 0) is 10.2 Å². The monoisotopic (exact) mass is 433 g/mol. The van der Waals surface area contributed by atoms with Crippen LogP contribution in [0.5, 0.6) is 5.75 Å². The fraction of sp³-hybridized carbons (Fsp3) is 0.296. The molecule has 0 bridgehead atoms. The molecule has 0 aromatic heterocycles. The highest BCUT2D eigenvalue weighted by Crippen LogP contribution is 2.50. The van der Waals surface area contributed by atoms with E-state index in [0.717, 1.165) is 17.7 Å². The number of ether oxygens (including phenoxy) is 1. The molecule has 1 aliphatic rings. The molecule has 1 unspecified atom stereocenters. The van der Waals surface area contributed by atoms with E-state index >= 15 is 0 Å². The number of hydrogen-bond donors (Lipinski definition) is 0. The van der Waals surface area contributed by atoms with Crippen molar-refractivity contribution in [3.05, 3.63) is 94.5 Å². The molecule has 0 spiro atoms. The molecule has 1 atom stereocenters. The number of carbonyl (C=O) groups excluding carboxylic acids is 1. The average Bonchev–Trinajstić information content (AvgIpc) is 2.73. The van der Waals surface area contributed by atoms with Crippen LogP contribution in [0.1, 0.15) is 43.9 Å². The van der Waals surface area contributed by atoms with Gasteiger partial charge >= 0.3 is 0 Å². The average molecular weight is 434 g/mol. The lowest BCUT2D eigenvalue weighted by molar-refractivity contribution is -0.121. The molecule has 0 saturated heterocycles. The second-order valence-electron chi connectivity index (χ2n) is 9.18. The van der Waals surface area contributed by atoms with Crippen molar-refractivity contribution in [3.8, 4) is 5.75 Å². The van der Waals surface area contributed by atoms with Gasteiger partial charge in [-0.1, -0.05) is 66.6 Å². The Kier molecular flexibility index (Phi) is 5.57. The fourth-order valence-corrected chi connectivity index (χ4v) is 5.02. The van der Waals surface area contributed by atoms with Crippen LogP contribution in [-0.4, -0.2) is 18.1 Å². The van der Waals surface area contributed by atoms with E-state index in [1.54, 1.807) is 24.3 Å². The Bertz CT molecular complexity index is 1090. The summed E-state index contributed by atoms with van der Waals surface area (Å²) in [6.45, 7) is 8.63. The maximum atomic E-state index is 13.4. The summed E-state index contributed by atoms with van der Waals surface area (Å²) in [6, 6.07) is 24.1. The lowest BCUT2D eigenvalue weighted by atomic mass is 9.65. The predicted molar refractivity (Wildman–Crippen MR) is 127 cm³/mol. The number of fused-ring (bicyclic) bond motifs is 1. The Morgan fingerprint density at radius 2 is 1.61 bits per heavy atom. The maximum Gasteiger partial charge on any atom is 0.265 e. The van der Waals surface area contributed by atoms with Gasteiger partial charge in [0.25, 0.3) is 5.91 Å². The van der Waals surface area contributed by atoms with E-state index < -0.39 is 0 Å². The molecular formula is C27H28ClNO2. The van der Waals surface area contributed by atoms with E-state index in [1.165, 1.54) is 11.1 Å². The number of rotatable bonds is 4. The number of benzene rings is 3. The first kappa shape index (κ1) is 21.5. The van der Waals surface area contributed by atoms with Crippen LogP contribution < -0.4 is 9.64 Å². The molecule has 4 rings (SSSR count). The first-order chi connectivity index (χ1) is 14.7. The summed E-state index contributed by atoms with van der Waals surface area (Å²) in [4.78, 5) is 15.3. The van der Waals surface area contributed by atoms with Crippen molar-refractivity contribution < 1.29 is 9.53 Å². The normalized spacial score (nSPS) is 19.6. The second kappa shape index (κ2) is 8.05. The van der Waals surface area contributed by atoms with Gasteiger partial charge in [0.2, 0.25) is 0 Å². The first-order valence-electron chi connectivity index (χ1n) is 10.6. The third-order valence-electron chi connectivity index (χ3n) is 6.24. The van der Waals surface area contributed by atoms with Gasteiger partial charge in [0, 0.05) is 21.7 Å². The highest BCUT2D eigenvalue weighted by Gasteiger charge is 2.47. The van der Waals surface area contributed by atoms with E-state index in [2.05, 4.69) is 64.1 Å². The van der Waals surface area contributed by atoms with Crippen molar-refractivity contribution >= 4 is 23.2 Å². The minimum Gasteiger partial charge on any atom is -0.484 e. The van der Waals surface area contributed by atoms with Gasteiger partial charge in [0.05, 0.1) is 0 Å². The third kappa shape index (κ3) is 4.07. The number of aryl methyl sites for hydroxylation is 1. The molecule has 0 radical (unpaired) electrons. The largest absolute Gasteiger partial charge is 0.484 e. The van der Waals surface area contributed by atoms with Crippen LogP contribution in [0.4, 0.5) is 5.69 Å². The molecule has 1 amide bonds. The number of hydrogen-bond acceptors (Lipinski definition) is 2. The summed E-state index contributed by atoms with van der Waals surface area (Å²) in [7, 11) is 0. The quantitative estimate of drug-likeness (QED) is 0.467. The lowest BCUT2D eigenvalue weighted by Crippen LogP contribution is -2.57. The molecule has 0 aliphatic carbocycles. The van der Waals surface area contributed by atoms with Crippen molar-refractivity contribution in [2.24, 2.45) is 0 Å². The molecule has 160 valence electrons. The minimum atomic E-state index is -0.381. The molecular weight excluding hydrogens is 406 g/mol. The van der Waals surface area contributed by atoms with E-state index in [0.29, 0.717) is 10.8 Å². The first-order valence-corrected chi connectivity index (χ1v) is 11.0. The number of halogens is 1. The van der Waals surface area contributed by atoms with E-state index in [4.69, 9.17) is 16.3 Å². The maximum absolute atomic E-state index is 13.4. The lowest BCUT2D eigenvalue weighted by Gasteiger charge is -2.51. The number of amides is 1. The van der Waals surface area contributed by atoms with Gasteiger partial charge in [-0.3, -0.25) is 4.79 Å². The van der Waals surface area contributed by atoms with Gasteiger partial charge in [-0.15, -0.1) is 0 Å². The topological polar surface area (TPSA) is 29.5 Å². The van der Waals surface area contributed by atoms with Crippen molar-refractivity contribution in [2.45, 2.75) is 45.1 Å². The minimum absolute atomic E-state index is 0.0271. The van der Waals surface area contributed by atoms with Crippen molar-refractivity contribution in [1.29, 1.82) is 0 Å². The molecule has 3 aromatic carbocycles. The zero-order valence-electron chi connectivity index (χ0n) is 18.5. The summed E-state index contributed by atoms with van der Waals surface area (Å²) in [5, 5.41) is 0.639. The van der Waals surface area contributed by atoms with Crippen LogP contribution >= 0.6 is 11.6 Å². The SMILES string of the molecule is Cc1ccc(C2(C)CC(C)(C)N(C(=O)COc3ccc(Cl)cc3)c3ccccc32)cc1. The summed E-state index contributed by atoms with van der Waals surface area (Å²) in [6.07, 6.45) is 0.812. The highest BCUT2D eigenvalue weighted by molar-refractivity contribution is 6.30. The Balaban J connectivity index is 1.69. The Hall–Kier alpha value is -2.78. The van der Waals surface area contributed by atoms with Crippen molar-refractivity contribution in [1.82, 2.24) is 0 Å². The molecule has 4 heteroatoms. The van der Waals surface area contributed by atoms with Crippen LogP contribution in [0.2, 0.25) is 5.02 Å². The Labute approximate surface area is 189 Å². The van der Waals surface area contributed by atoms with Crippen molar-refractivity contribution in [3.63, 3.8) is 0 Å². The van der Waals surface area contributed by atoms with Crippen LogP contribution in [0.25, 0.3) is 0 Å². The predicted octanol–water partition coefficient (Wildman–Crippen LogP) is 6.55. The molecule has 3 nitrogen and oxygen atoms in total. The third-order valence-corrected chi connectivity index (χ3v) is 6.50. The van der Waals surface area contributed by atoms with Crippen LogP contribution in [0.3, 0.4) is 0 Å². The summed E-state index contributed by atoms with van der Waals surface area (Å²) in [5.74, 6) is 0.573. The molecule has 1 aliphatic heterocycles. The zero-order chi connectivity index (χ0) is 22.2. The zero-order valence-corrected chi connectivity index (χ0v) is 19.2. The molecule has 31 heavy (non-hydrogen) atoms. The van der Waals surface area contributed by atoms with Gasteiger partial charge < -0.3 is 9.64 Å². The molecule has 0 fully saturated rings. The highest BCUT2D eigenvalue weighted by atomic mass is 35.5. The van der Waals surface area contributed by atoms with Gasteiger partial charge in [0.15, 0.2) is 6.61 Å². The molecule has 0 saturated carbocycles. The smallest absolute Gasteiger partial charge is 0.265 e. The standard InChI is InChI=1S/C27H28ClNO2/c1-19-9-11-20(12-10-19)27(4)18-26(2,3)29(24-8-6-5-7-23(24)27)25(30)17-31-22-15-13-21(28)14-16-22/h5-16H,17-18H2,1-4H3. The van der Waals surface area contributed by atoms with Crippen LogP contribution in [0, 0.1) is 6.92 Å². The second-order valence-corrected chi connectivity index (χ2v) is 9.61.